The van der Waals surface area contributed by atoms with Gasteiger partial charge in [0.05, 0.1) is 19.9 Å². The van der Waals surface area contributed by atoms with E-state index in [0.29, 0.717) is 30.0 Å². The molecule has 3 aromatic rings. The molecule has 0 atom stereocenters. The number of ether oxygens (including phenoxy) is 2. The Balaban J connectivity index is 1.58. The van der Waals surface area contributed by atoms with Crippen LogP contribution < -0.4 is 14.8 Å². The fourth-order valence-electron chi connectivity index (χ4n) is 2.60. The van der Waals surface area contributed by atoms with Crippen LogP contribution in [0.3, 0.4) is 0 Å². The Labute approximate surface area is 163 Å². The summed E-state index contributed by atoms with van der Waals surface area (Å²) in [4.78, 5) is 17.1. The second-order valence-corrected chi connectivity index (χ2v) is 6.98. The molecule has 0 aliphatic heterocycles. The number of aromatic nitrogens is 1. The molecule has 0 unspecified atom stereocenters. The van der Waals surface area contributed by atoms with Crippen molar-refractivity contribution < 1.29 is 14.3 Å². The summed E-state index contributed by atoms with van der Waals surface area (Å²) in [5, 5.41) is 5.95. The number of aryl methyl sites for hydroxylation is 1. The Morgan fingerprint density at radius 3 is 2.37 bits per heavy atom. The van der Waals surface area contributed by atoms with Crippen molar-refractivity contribution in [2.75, 3.05) is 20.8 Å². The molecule has 1 aromatic heterocycles. The van der Waals surface area contributed by atoms with E-state index in [-0.39, 0.29) is 5.91 Å². The summed E-state index contributed by atoms with van der Waals surface area (Å²) >= 11 is 1.62. The van der Waals surface area contributed by atoms with Crippen molar-refractivity contribution in [3.63, 3.8) is 0 Å². The van der Waals surface area contributed by atoms with Crippen LogP contribution in [0.4, 0.5) is 0 Å². The monoisotopic (exact) mass is 382 g/mol. The number of carbonyl (C=O) groups excluding carboxylic acids is 1. The highest BCUT2D eigenvalue weighted by Gasteiger charge is 2.10. The van der Waals surface area contributed by atoms with E-state index in [1.165, 1.54) is 5.56 Å². The second kappa shape index (κ2) is 8.68. The molecular weight excluding hydrogens is 360 g/mol. The van der Waals surface area contributed by atoms with Crippen LogP contribution in [0.1, 0.15) is 21.6 Å². The van der Waals surface area contributed by atoms with Crippen molar-refractivity contribution in [2.24, 2.45) is 0 Å². The minimum atomic E-state index is -0.166. The molecule has 0 aliphatic carbocycles. The van der Waals surface area contributed by atoms with Gasteiger partial charge in [-0.1, -0.05) is 29.8 Å². The van der Waals surface area contributed by atoms with Gasteiger partial charge in [0, 0.05) is 35.5 Å². The Hall–Kier alpha value is -2.86. The molecular formula is C21H22N2O3S. The molecule has 6 heteroatoms. The molecule has 1 N–H and O–H groups in total. The standard InChI is InChI=1S/C21H22N2O3S/c1-14-4-6-15(7-5-14)21-23-17(13-27-21)8-9-22-20(24)16-10-18(25-2)12-19(11-16)26-3/h4-7,10-13H,8-9H2,1-3H3,(H,22,24). The number of nitrogens with zero attached hydrogens (tertiary/aromatic N) is 1. The number of hydrogen-bond donors (Lipinski definition) is 1. The summed E-state index contributed by atoms with van der Waals surface area (Å²) in [6.45, 7) is 2.58. The highest BCUT2D eigenvalue weighted by Crippen LogP contribution is 2.24. The maximum absolute atomic E-state index is 12.4. The van der Waals surface area contributed by atoms with Gasteiger partial charge in [-0.15, -0.1) is 11.3 Å². The first-order valence-corrected chi connectivity index (χ1v) is 9.49. The predicted octanol–water partition coefficient (Wildman–Crippen LogP) is 4.11. The Kier molecular flexibility index (Phi) is 6.08. The summed E-state index contributed by atoms with van der Waals surface area (Å²) < 4.78 is 10.4. The lowest BCUT2D eigenvalue weighted by atomic mass is 10.1. The number of methoxy groups -OCH3 is 2. The lowest BCUT2D eigenvalue weighted by Gasteiger charge is -2.09. The zero-order valence-electron chi connectivity index (χ0n) is 15.6. The molecule has 0 fully saturated rings. The number of hydrogen-bond acceptors (Lipinski definition) is 5. The van der Waals surface area contributed by atoms with Gasteiger partial charge in [0.15, 0.2) is 0 Å². The summed E-state index contributed by atoms with van der Waals surface area (Å²) in [6.07, 6.45) is 0.676. The van der Waals surface area contributed by atoms with Gasteiger partial charge in [-0.05, 0) is 19.1 Å². The van der Waals surface area contributed by atoms with E-state index in [2.05, 4.69) is 41.5 Å². The molecule has 3 rings (SSSR count). The number of carbonyl (C=O) groups is 1. The molecule has 140 valence electrons. The number of benzene rings is 2. The summed E-state index contributed by atoms with van der Waals surface area (Å²) in [5.74, 6) is 1.00. The number of thiazole rings is 1. The topological polar surface area (TPSA) is 60.5 Å². The number of nitrogens with one attached hydrogen (secondary N) is 1. The van der Waals surface area contributed by atoms with Crippen molar-refractivity contribution in [3.8, 4) is 22.1 Å². The summed E-state index contributed by atoms with van der Waals surface area (Å²) in [6, 6.07) is 13.4. The van der Waals surface area contributed by atoms with Crippen LogP contribution in [0.25, 0.3) is 10.6 Å². The van der Waals surface area contributed by atoms with Gasteiger partial charge in [0.1, 0.15) is 16.5 Å². The highest BCUT2D eigenvalue weighted by molar-refractivity contribution is 7.13. The molecule has 0 aliphatic rings. The van der Waals surface area contributed by atoms with Crippen molar-refractivity contribution in [1.29, 1.82) is 0 Å². The fraction of sp³-hybridized carbons (Fsp3) is 0.238. The van der Waals surface area contributed by atoms with Crippen molar-refractivity contribution in [2.45, 2.75) is 13.3 Å². The van der Waals surface area contributed by atoms with Crippen LogP contribution in [0.15, 0.2) is 47.8 Å². The molecule has 1 heterocycles. The van der Waals surface area contributed by atoms with Crippen molar-refractivity contribution in [1.82, 2.24) is 10.3 Å². The quantitative estimate of drug-likeness (QED) is 0.668. The summed E-state index contributed by atoms with van der Waals surface area (Å²) in [7, 11) is 3.12. The van der Waals surface area contributed by atoms with Crippen LogP contribution in [-0.4, -0.2) is 31.7 Å². The Morgan fingerprint density at radius 2 is 1.74 bits per heavy atom. The van der Waals surface area contributed by atoms with Gasteiger partial charge in [-0.3, -0.25) is 4.79 Å². The molecule has 0 spiro atoms. The van der Waals surface area contributed by atoms with E-state index in [9.17, 15) is 4.79 Å². The smallest absolute Gasteiger partial charge is 0.251 e. The van der Waals surface area contributed by atoms with Gasteiger partial charge in [0.2, 0.25) is 0 Å². The van der Waals surface area contributed by atoms with Gasteiger partial charge < -0.3 is 14.8 Å². The van der Waals surface area contributed by atoms with E-state index in [0.717, 1.165) is 16.3 Å². The SMILES string of the molecule is COc1cc(OC)cc(C(=O)NCCc2csc(-c3ccc(C)cc3)n2)c1. The van der Waals surface area contributed by atoms with Gasteiger partial charge >= 0.3 is 0 Å². The summed E-state index contributed by atoms with van der Waals surface area (Å²) in [5.41, 5.74) is 3.82. The Bertz CT molecular complexity index is 897. The Morgan fingerprint density at radius 1 is 1.07 bits per heavy atom. The first-order valence-electron chi connectivity index (χ1n) is 8.62. The molecule has 0 saturated carbocycles. The zero-order valence-corrected chi connectivity index (χ0v) is 16.4. The lowest BCUT2D eigenvalue weighted by Crippen LogP contribution is -2.25. The van der Waals surface area contributed by atoms with Crippen molar-refractivity contribution >= 4 is 17.2 Å². The van der Waals surface area contributed by atoms with E-state index in [1.807, 2.05) is 5.38 Å². The normalized spacial score (nSPS) is 10.5. The minimum Gasteiger partial charge on any atom is -0.497 e. The maximum atomic E-state index is 12.4. The van der Waals surface area contributed by atoms with Crippen LogP contribution in [0.2, 0.25) is 0 Å². The van der Waals surface area contributed by atoms with Crippen LogP contribution in [0.5, 0.6) is 11.5 Å². The largest absolute Gasteiger partial charge is 0.497 e. The van der Waals surface area contributed by atoms with E-state index >= 15 is 0 Å². The molecule has 5 nitrogen and oxygen atoms in total. The molecule has 0 saturated heterocycles. The third-order valence-electron chi connectivity index (χ3n) is 4.13. The van der Waals surface area contributed by atoms with E-state index in [1.54, 1.807) is 43.8 Å². The second-order valence-electron chi connectivity index (χ2n) is 6.12. The van der Waals surface area contributed by atoms with E-state index in [4.69, 9.17) is 9.47 Å². The number of rotatable bonds is 7. The third kappa shape index (κ3) is 4.86. The minimum absolute atomic E-state index is 0.166. The molecule has 0 radical (unpaired) electrons. The zero-order chi connectivity index (χ0) is 19.2. The predicted molar refractivity (Wildman–Crippen MR) is 108 cm³/mol. The van der Waals surface area contributed by atoms with E-state index < -0.39 is 0 Å². The fourth-order valence-corrected chi connectivity index (χ4v) is 3.46. The van der Waals surface area contributed by atoms with Gasteiger partial charge in [-0.25, -0.2) is 4.98 Å². The van der Waals surface area contributed by atoms with Crippen LogP contribution >= 0.6 is 11.3 Å². The average molecular weight is 382 g/mol. The first kappa shape index (κ1) is 18.9. The first-order chi connectivity index (χ1) is 13.1. The maximum Gasteiger partial charge on any atom is 0.251 e. The molecule has 27 heavy (non-hydrogen) atoms. The van der Waals surface area contributed by atoms with Gasteiger partial charge in [0.25, 0.3) is 5.91 Å². The highest BCUT2D eigenvalue weighted by atomic mass is 32.1. The van der Waals surface area contributed by atoms with Gasteiger partial charge in [-0.2, -0.15) is 0 Å². The number of amides is 1. The molecule has 1 amide bonds. The molecule has 2 aromatic carbocycles. The van der Waals surface area contributed by atoms with Crippen molar-refractivity contribution in [3.05, 3.63) is 64.7 Å². The molecule has 0 bridgehead atoms. The lowest BCUT2D eigenvalue weighted by molar-refractivity contribution is 0.0953. The average Bonchev–Trinajstić information content (AvgIpc) is 3.16. The third-order valence-corrected chi connectivity index (χ3v) is 5.07. The van der Waals surface area contributed by atoms with Crippen LogP contribution in [-0.2, 0) is 6.42 Å². The van der Waals surface area contributed by atoms with Crippen LogP contribution in [0, 0.1) is 6.92 Å².